The lowest BCUT2D eigenvalue weighted by Gasteiger charge is -2.44. The third-order valence-electron chi connectivity index (χ3n) is 22.6. The summed E-state index contributed by atoms with van der Waals surface area (Å²) in [6.07, 6.45) is 19.9. The number of piperazine rings is 4. The molecule has 24 heteroatoms. The van der Waals surface area contributed by atoms with Gasteiger partial charge in [-0.1, -0.05) is 6.08 Å². The van der Waals surface area contributed by atoms with Crippen LogP contribution in [0, 0.1) is 0 Å². The second-order valence-electron chi connectivity index (χ2n) is 30.3. The number of nitrogens with zero attached hydrogens (tertiary/aromatic N) is 8. The number of carbonyl (C=O) groups is 2. The first-order valence-electron chi connectivity index (χ1n) is 36.2. The molecule has 7 heterocycles. The van der Waals surface area contributed by atoms with Crippen molar-refractivity contribution in [1.29, 1.82) is 0 Å². The van der Waals surface area contributed by atoms with Crippen LogP contribution in [0.15, 0.2) is 23.4 Å². The molecule has 0 aromatic heterocycles. The highest BCUT2D eigenvalue weighted by Crippen LogP contribution is 2.42. The summed E-state index contributed by atoms with van der Waals surface area (Å²) in [5.74, 6) is 0.149. The smallest absolute Gasteiger partial charge is 0.400 e. The molecule has 0 radical (unpaired) electrons. The van der Waals surface area contributed by atoms with Crippen molar-refractivity contribution in [1.82, 2.24) is 39.2 Å². The Hall–Kier alpha value is -2.14. The minimum atomic E-state index is -5.55. The number of ether oxygens (including phenoxy) is 4. The first kappa shape index (κ1) is 76.6. The molecule has 12 aliphatic rings. The highest BCUT2D eigenvalue weighted by Gasteiger charge is 2.53. The van der Waals surface area contributed by atoms with Crippen LogP contribution in [-0.2, 0) is 52.1 Å². The van der Waals surface area contributed by atoms with Gasteiger partial charge in [0.15, 0.2) is 11.6 Å². The van der Waals surface area contributed by atoms with Crippen molar-refractivity contribution < 1.29 is 63.6 Å². The first-order valence-corrected chi connectivity index (χ1v) is 37.6. The molecule has 7 aliphatic heterocycles. The molecule has 0 amide bonds. The summed E-state index contributed by atoms with van der Waals surface area (Å²) in [6, 6.07) is 4.94. The van der Waals surface area contributed by atoms with Gasteiger partial charge >= 0.3 is 22.7 Å². The van der Waals surface area contributed by atoms with E-state index < -0.39 is 15.6 Å². The number of alkyl halides is 3. The number of carbonyl (C=O) groups excluding carboxylic acids is 2. The summed E-state index contributed by atoms with van der Waals surface area (Å²) < 4.78 is 98.1. The van der Waals surface area contributed by atoms with Crippen LogP contribution >= 0.6 is 0 Å². The lowest BCUT2D eigenvalue weighted by Crippen LogP contribution is -2.53. The second-order valence-corrected chi connectivity index (χ2v) is 31.8. The summed E-state index contributed by atoms with van der Waals surface area (Å²) in [6.45, 7) is 47.9. The van der Waals surface area contributed by atoms with Gasteiger partial charge in [-0.2, -0.15) is 21.6 Å². The predicted molar refractivity (Wildman–Crippen MR) is 359 cm³/mol. The number of Topliss-reactive ketones (excluding diaryl/α,β-unsaturated/α-hetero) is 2. The molecule has 0 N–H and O–H groups in total. The molecule has 5 aliphatic carbocycles. The van der Waals surface area contributed by atoms with Crippen molar-refractivity contribution in [2.24, 2.45) is 0 Å². The van der Waals surface area contributed by atoms with Gasteiger partial charge in [0.1, 0.15) is 17.3 Å². The van der Waals surface area contributed by atoms with E-state index in [2.05, 4.69) is 133 Å². The molecule has 534 valence electrons. The number of halogens is 3. The summed E-state index contributed by atoms with van der Waals surface area (Å²) in [4.78, 5) is 42.5. The fourth-order valence-electron chi connectivity index (χ4n) is 15.4. The van der Waals surface area contributed by atoms with Crippen LogP contribution in [0.25, 0.3) is 0 Å². The zero-order valence-electron chi connectivity index (χ0n) is 59.3. The number of rotatable bonds is 11. The molecule has 93 heavy (non-hydrogen) atoms. The molecule has 2 unspecified atom stereocenters. The Labute approximate surface area is 559 Å². The Bertz CT molecular complexity index is 2450. The maximum absolute atomic E-state index is 12.3. The fraction of sp³-hybridized carbons (Fsp3) is 0.913. The standard InChI is InChI=1S/C19H35BN2O2.C15H28N2O2.C14H23F3N2O3S.C13H24N2O.C8H12O3/c1-15(2)21-11-13-22(14-12-21)17-9-7-16(8-10-17)20-23-18(3,4)19(5,6)24-20;1-13(2)16-7-9-17(10-8-16)14-3-5-15(6-4-14)18-11-12-19-15;1-11(2)18-7-9-19(10-8-18)12-3-5-13(6-4-12)22-23(20,21)14(15,16)17;1-11(2)14-7-9-15(10-8-14)12-3-5-13(16)6-4-12;9-7-1-3-8(4-2-7)10-5-6-11-8/h7,15,17H,8-14H2,1-6H3;13-14H,3-12H2,1-2H3;5,11-12H,3-4,6-10H2,1-2H3;11-12H,3-10H2,1-2H3;1-6H2. The van der Waals surface area contributed by atoms with Gasteiger partial charge in [0.2, 0.25) is 0 Å². The number of hydrogen-bond acceptors (Lipinski definition) is 19. The Morgan fingerprint density at radius 1 is 0.452 bits per heavy atom. The average Bonchev–Trinajstić information content (AvgIpc) is 1.66. The van der Waals surface area contributed by atoms with Crippen LogP contribution < -0.4 is 0 Å². The van der Waals surface area contributed by atoms with E-state index in [1.54, 1.807) is 0 Å². The first-order chi connectivity index (χ1) is 44.0. The number of hydrogen-bond donors (Lipinski definition) is 0. The van der Waals surface area contributed by atoms with Crippen molar-refractivity contribution in [3.8, 4) is 0 Å². The minimum Gasteiger partial charge on any atom is -0.400 e. The predicted octanol–water partition coefficient (Wildman–Crippen LogP) is 9.53. The van der Waals surface area contributed by atoms with Gasteiger partial charge in [0, 0.05) is 211 Å². The van der Waals surface area contributed by atoms with E-state index in [-0.39, 0.29) is 48.1 Å². The number of ketones is 2. The molecule has 12 rings (SSSR count). The summed E-state index contributed by atoms with van der Waals surface area (Å²) >= 11 is 0. The van der Waals surface area contributed by atoms with Crippen molar-refractivity contribution in [3.63, 3.8) is 0 Å². The lowest BCUT2D eigenvalue weighted by atomic mass is 9.71. The molecule has 7 saturated heterocycles. The molecule has 2 spiro atoms. The maximum atomic E-state index is 12.3. The quantitative estimate of drug-likeness (QED) is 0.109. The van der Waals surface area contributed by atoms with Gasteiger partial charge < -0.3 is 32.4 Å². The summed E-state index contributed by atoms with van der Waals surface area (Å²) in [5, 5.41) is 0. The van der Waals surface area contributed by atoms with E-state index in [9.17, 15) is 31.2 Å². The highest BCUT2D eigenvalue weighted by molar-refractivity contribution is 7.87. The SMILES string of the molecule is CC(C)N1CCN(C2CC=C(B3OC(C)(C)C(C)(C)O3)CC2)CC1.CC(C)N1CCN(C2CC=C(OS(=O)(=O)C(F)(F)F)CC2)CC1.CC(C)N1CCN(C2CCC(=O)CC2)CC1.CC(C)N1CCN(C2CCC3(CC2)OCCO3)CC1.O=C1CCC2(CC1)OCCO2. The van der Waals surface area contributed by atoms with E-state index in [0.29, 0.717) is 86.7 Å². The van der Waals surface area contributed by atoms with Crippen LogP contribution in [0.4, 0.5) is 13.2 Å². The number of allylic oxidation sites excluding steroid dienone is 2. The zero-order valence-corrected chi connectivity index (χ0v) is 60.1. The molecular formula is C69H122BF3N8O11S. The fourth-order valence-corrected chi connectivity index (χ4v) is 16.0. The van der Waals surface area contributed by atoms with Crippen LogP contribution in [0.5, 0.6) is 0 Å². The zero-order chi connectivity index (χ0) is 67.4. The Morgan fingerprint density at radius 2 is 0.774 bits per heavy atom. The van der Waals surface area contributed by atoms with Crippen molar-refractivity contribution >= 4 is 28.8 Å². The van der Waals surface area contributed by atoms with E-state index in [1.807, 2.05) is 0 Å². The molecule has 0 aromatic rings. The maximum Gasteiger partial charge on any atom is 0.534 e. The molecular weight excluding hydrogens is 1220 g/mol. The monoisotopic (exact) mass is 1340 g/mol. The van der Waals surface area contributed by atoms with Crippen molar-refractivity contribution in [2.75, 3.05) is 131 Å². The van der Waals surface area contributed by atoms with E-state index in [1.165, 1.54) is 109 Å². The third kappa shape index (κ3) is 21.7. The summed E-state index contributed by atoms with van der Waals surface area (Å²) in [7, 11) is -5.69. The molecule has 0 bridgehead atoms. The van der Waals surface area contributed by atoms with Gasteiger partial charge in [0.25, 0.3) is 0 Å². The van der Waals surface area contributed by atoms with Crippen LogP contribution in [0.3, 0.4) is 0 Å². The molecule has 10 fully saturated rings. The lowest BCUT2D eigenvalue weighted by molar-refractivity contribution is -0.184. The topological polar surface area (TPSA) is 159 Å². The largest absolute Gasteiger partial charge is 0.534 e. The Morgan fingerprint density at radius 3 is 1.11 bits per heavy atom. The minimum absolute atomic E-state index is 0.0978. The average molecular weight is 1340 g/mol. The van der Waals surface area contributed by atoms with Crippen molar-refractivity contribution in [3.05, 3.63) is 23.4 Å². The van der Waals surface area contributed by atoms with Crippen molar-refractivity contribution in [2.45, 2.75) is 275 Å². The van der Waals surface area contributed by atoms with Crippen LogP contribution in [0.2, 0.25) is 0 Å². The van der Waals surface area contributed by atoms with E-state index >= 15 is 0 Å². The normalized spacial score (nSPS) is 28.7. The van der Waals surface area contributed by atoms with Crippen LogP contribution in [-0.4, -0.2) is 274 Å². The molecule has 19 nitrogen and oxygen atoms in total. The van der Waals surface area contributed by atoms with Gasteiger partial charge in [-0.25, -0.2) is 0 Å². The Balaban J connectivity index is 0.000000152. The van der Waals surface area contributed by atoms with E-state index in [4.69, 9.17) is 28.3 Å². The third-order valence-corrected chi connectivity index (χ3v) is 23.6. The van der Waals surface area contributed by atoms with Gasteiger partial charge in [-0.3, -0.25) is 48.8 Å². The van der Waals surface area contributed by atoms with Crippen LogP contribution in [0.1, 0.15) is 199 Å². The van der Waals surface area contributed by atoms with Gasteiger partial charge in [-0.15, -0.1) is 0 Å². The molecule has 2 atom stereocenters. The molecule has 0 aromatic carbocycles. The highest BCUT2D eigenvalue weighted by atomic mass is 32.2. The molecule has 3 saturated carbocycles. The van der Waals surface area contributed by atoms with E-state index in [0.717, 1.165) is 110 Å². The second kappa shape index (κ2) is 34.3. The summed E-state index contributed by atoms with van der Waals surface area (Å²) in [5.41, 5.74) is -4.49. The Kier molecular flexibility index (Phi) is 28.2. The van der Waals surface area contributed by atoms with Gasteiger partial charge in [0.05, 0.1) is 37.6 Å². The van der Waals surface area contributed by atoms with Gasteiger partial charge in [-0.05, 0) is 152 Å².